The molecule has 33 heavy (non-hydrogen) atoms. The molecule has 0 bridgehead atoms. The number of hydrogen-bond acceptors (Lipinski definition) is 7. The molecule has 5 rings (SSSR count). The van der Waals surface area contributed by atoms with E-state index in [1.54, 1.807) is 16.7 Å². The van der Waals surface area contributed by atoms with Crippen molar-refractivity contribution in [3.8, 4) is 11.4 Å². The molecule has 0 N–H and O–H groups in total. The second-order valence-electron chi connectivity index (χ2n) is 7.39. The highest BCUT2D eigenvalue weighted by Gasteiger charge is 2.21. The molecule has 2 aromatic heterocycles. The molecule has 0 saturated carbocycles. The summed E-state index contributed by atoms with van der Waals surface area (Å²) in [6, 6.07) is 23.3. The molecule has 2 heterocycles. The maximum absolute atomic E-state index is 13.5. The molecule has 0 aliphatic carbocycles. The Bertz CT molecular complexity index is 1370. The van der Waals surface area contributed by atoms with Crippen LogP contribution in [0.15, 0.2) is 79.1 Å². The minimum atomic E-state index is -0.0277. The Morgan fingerprint density at radius 1 is 1.03 bits per heavy atom. The molecule has 8 nitrogen and oxygen atoms in total. The summed E-state index contributed by atoms with van der Waals surface area (Å²) in [7, 11) is 1.64. The molecule has 0 unspecified atom stereocenters. The van der Waals surface area contributed by atoms with Crippen LogP contribution < -0.4 is 9.64 Å². The smallest absolute Gasteiger partial charge is 0.233 e. The summed E-state index contributed by atoms with van der Waals surface area (Å²) in [6.45, 7) is 0.444. The van der Waals surface area contributed by atoms with Crippen molar-refractivity contribution in [2.24, 2.45) is 0 Å². The van der Waals surface area contributed by atoms with E-state index in [4.69, 9.17) is 9.72 Å². The van der Waals surface area contributed by atoms with Crippen molar-refractivity contribution in [1.29, 1.82) is 0 Å². The average Bonchev–Trinajstić information content (AvgIpc) is 3.53. The third-order valence-electron chi connectivity index (χ3n) is 5.21. The maximum atomic E-state index is 13.5. The number of carbonyl (C=O) groups is 1. The van der Waals surface area contributed by atoms with E-state index in [0.717, 1.165) is 32.8 Å². The van der Waals surface area contributed by atoms with Crippen LogP contribution in [-0.2, 0) is 17.8 Å². The number of nitrogens with zero attached hydrogens (tertiary/aromatic N) is 6. The fourth-order valence-corrected chi connectivity index (χ4v) is 4.49. The van der Waals surface area contributed by atoms with Gasteiger partial charge in [0.25, 0.3) is 0 Å². The van der Waals surface area contributed by atoms with Gasteiger partial charge in [-0.25, -0.2) is 9.67 Å². The lowest BCUT2D eigenvalue weighted by atomic mass is 10.1. The number of carbonyl (C=O) groups excluding carboxylic acids is 1. The molecule has 0 atom stereocenters. The van der Waals surface area contributed by atoms with Crippen LogP contribution in [0, 0.1) is 0 Å². The number of ether oxygens (including phenoxy) is 1. The van der Waals surface area contributed by atoms with Crippen LogP contribution >= 0.6 is 11.3 Å². The van der Waals surface area contributed by atoms with Crippen molar-refractivity contribution < 1.29 is 9.53 Å². The minimum Gasteiger partial charge on any atom is -0.497 e. The van der Waals surface area contributed by atoms with Crippen molar-refractivity contribution in [3.63, 3.8) is 0 Å². The summed E-state index contributed by atoms with van der Waals surface area (Å²) in [6.07, 6.45) is 1.78. The SMILES string of the molecule is COc1ccc2nc(N(Cc3ccccc3)C(=O)Cc3ccc(-n4cnnn4)cc3)sc2c1. The van der Waals surface area contributed by atoms with Gasteiger partial charge in [-0.2, -0.15) is 0 Å². The highest BCUT2D eigenvalue weighted by Crippen LogP contribution is 2.32. The van der Waals surface area contributed by atoms with Crippen LogP contribution in [0.4, 0.5) is 5.13 Å². The van der Waals surface area contributed by atoms with Gasteiger partial charge >= 0.3 is 0 Å². The number of methoxy groups -OCH3 is 1. The quantitative estimate of drug-likeness (QED) is 0.367. The van der Waals surface area contributed by atoms with Gasteiger partial charge < -0.3 is 4.74 Å². The number of fused-ring (bicyclic) bond motifs is 1. The molecule has 1 amide bonds. The van der Waals surface area contributed by atoms with E-state index >= 15 is 0 Å². The normalized spacial score (nSPS) is 10.9. The van der Waals surface area contributed by atoms with Crippen LogP contribution in [0.1, 0.15) is 11.1 Å². The second kappa shape index (κ2) is 9.17. The van der Waals surface area contributed by atoms with Crippen molar-refractivity contribution in [1.82, 2.24) is 25.2 Å². The number of amides is 1. The van der Waals surface area contributed by atoms with E-state index in [-0.39, 0.29) is 12.3 Å². The van der Waals surface area contributed by atoms with Gasteiger partial charge in [-0.05, 0) is 51.9 Å². The lowest BCUT2D eigenvalue weighted by molar-refractivity contribution is -0.118. The van der Waals surface area contributed by atoms with Crippen molar-refractivity contribution in [2.75, 3.05) is 12.0 Å². The molecule has 3 aromatic carbocycles. The first kappa shape index (κ1) is 20.8. The van der Waals surface area contributed by atoms with E-state index in [1.807, 2.05) is 72.8 Å². The number of benzene rings is 3. The van der Waals surface area contributed by atoms with E-state index in [2.05, 4.69) is 15.5 Å². The molecule has 0 fully saturated rings. The number of anilines is 1. The van der Waals surface area contributed by atoms with Crippen molar-refractivity contribution in [2.45, 2.75) is 13.0 Å². The Morgan fingerprint density at radius 3 is 2.58 bits per heavy atom. The van der Waals surface area contributed by atoms with Gasteiger partial charge in [0, 0.05) is 0 Å². The molecule has 9 heteroatoms. The zero-order valence-electron chi connectivity index (χ0n) is 17.8. The molecule has 0 radical (unpaired) electrons. The predicted molar refractivity (Wildman–Crippen MR) is 127 cm³/mol. The van der Waals surface area contributed by atoms with Crippen LogP contribution in [0.3, 0.4) is 0 Å². The van der Waals surface area contributed by atoms with Gasteiger partial charge in [0.2, 0.25) is 5.91 Å². The third kappa shape index (κ3) is 4.58. The monoisotopic (exact) mass is 456 g/mol. The first-order chi connectivity index (χ1) is 16.2. The van der Waals surface area contributed by atoms with Crippen LogP contribution in [0.5, 0.6) is 5.75 Å². The number of thiazole rings is 1. The Labute approximate surface area is 194 Å². The molecule has 0 saturated heterocycles. The Kier molecular flexibility index (Phi) is 5.77. The van der Waals surface area contributed by atoms with Crippen LogP contribution in [-0.4, -0.2) is 38.2 Å². The lowest BCUT2D eigenvalue weighted by Crippen LogP contribution is -2.31. The van der Waals surface area contributed by atoms with E-state index in [0.29, 0.717) is 11.7 Å². The van der Waals surface area contributed by atoms with Gasteiger partial charge in [-0.15, -0.1) is 5.10 Å². The molecule has 0 spiro atoms. The Hall–Kier alpha value is -4.11. The standard InChI is InChI=1S/C24H20N6O2S/c1-32-20-11-12-21-22(14-20)33-24(26-21)29(15-18-5-3-2-4-6-18)23(31)13-17-7-9-19(10-8-17)30-16-25-27-28-30/h2-12,14,16H,13,15H2,1H3. The third-order valence-corrected chi connectivity index (χ3v) is 6.25. The number of tetrazole rings is 1. The first-order valence-corrected chi connectivity index (χ1v) is 11.1. The molecule has 5 aromatic rings. The second-order valence-corrected chi connectivity index (χ2v) is 8.40. The summed E-state index contributed by atoms with van der Waals surface area (Å²) >= 11 is 1.48. The first-order valence-electron chi connectivity index (χ1n) is 10.3. The van der Waals surface area contributed by atoms with E-state index in [1.165, 1.54) is 17.7 Å². The van der Waals surface area contributed by atoms with Gasteiger partial charge in [0.1, 0.15) is 12.1 Å². The summed E-state index contributed by atoms with van der Waals surface area (Å²) in [5, 5.41) is 11.9. The van der Waals surface area contributed by atoms with Crippen molar-refractivity contribution in [3.05, 3.63) is 90.3 Å². The molecule has 164 valence electrons. The van der Waals surface area contributed by atoms with E-state index < -0.39 is 0 Å². The topological polar surface area (TPSA) is 86.0 Å². The summed E-state index contributed by atoms with van der Waals surface area (Å²) < 4.78 is 7.88. The summed E-state index contributed by atoms with van der Waals surface area (Å²) in [4.78, 5) is 20.0. The highest BCUT2D eigenvalue weighted by atomic mass is 32.1. The number of rotatable bonds is 7. The minimum absolute atomic E-state index is 0.0277. The van der Waals surface area contributed by atoms with Gasteiger partial charge in [-0.3, -0.25) is 9.69 Å². The molecular formula is C24H20N6O2S. The van der Waals surface area contributed by atoms with Crippen LogP contribution in [0.2, 0.25) is 0 Å². The number of hydrogen-bond donors (Lipinski definition) is 0. The summed E-state index contributed by atoms with van der Waals surface area (Å²) in [5.74, 6) is 0.737. The number of aromatic nitrogens is 5. The van der Waals surface area contributed by atoms with Crippen molar-refractivity contribution >= 4 is 32.6 Å². The zero-order valence-corrected chi connectivity index (χ0v) is 18.6. The molecular weight excluding hydrogens is 436 g/mol. The highest BCUT2D eigenvalue weighted by molar-refractivity contribution is 7.22. The van der Waals surface area contributed by atoms with E-state index in [9.17, 15) is 4.79 Å². The average molecular weight is 457 g/mol. The lowest BCUT2D eigenvalue weighted by Gasteiger charge is -2.20. The fourth-order valence-electron chi connectivity index (χ4n) is 3.48. The zero-order chi connectivity index (χ0) is 22.6. The Morgan fingerprint density at radius 2 is 1.85 bits per heavy atom. The van der Waals surface area contributed by atoms with Crippen LogP contribution in [0.25, 0.3) is 15.9 Å². The Balaban J connectivity index is 1.43. The van der Waals surface area contributed by atoms with Gasteiger partial charge in [0.05, 0.1) is 36.0 Å². The fraction of sp³-hybridized carbons (Fsp3) is 0.125. The largest absolute Gasteiger partial charge is 0.497 e. The van der Waals surface area contributed by atoms with Gasteiger partial charge in [0.15, 0.2) is 5.13 Å². The molecule has 0 aliphatic rings. The summed E-state index contributed by atoms with van der Waals surface area (Å²) in [5.41, 5.74) is 3.61. The molecule has 0 aliphatic heterocycles. The van der Waals surface area contributed by atoms with Gasteiger partial charge in [-0.1, -0.05) is 53.8 Å². The maximum Gasteiger partial charge on any atom is 0.233 e. The predicted octanol–water partition coefficient (Wildman–Crippen LogP) is 4.06.